The largest absolute Gasteiger partial charge is 0.466 e. The third-order valence-corrected chi connectivity index (χ3v) is 4.31. The molecule has 0 unspecified atom stereocenters. The summed E-state index contributed by atoms with van der Waals surface area (Å²) >= 11 is 0. The van der Waals surface area contributed by atoms with Gasteiger partial charge in [0.05, 0.1) is 13.0 Å². The number of amides is 1. The predicted octanol–water partition coefficient (Wildman–Crippen LogP) is 5.70. The number of esters is 1. The Morgan fingerprint density at radius 2 is 1.31 bits per heavy atom. The Balaban J connectivity index is 3.28. The minimum Gasteiger partial charge on any atom is -0.466 e. The van der Waals surface area contributed by atoms with Crippen LogP contribution in [-0.2, 0) is 14.3 Å². The van der Waals surface area contributed by atoms with Gasteiger partial charge in [0.2, 0.25) is 5.91 Å². The zero-order chi connectivity index (χ0) is 19.5. The number of unbranched alkanes of at least 4 members (excludes halogenated alkanes) is 11. The minimum atomic E-state index is -0.231. The van der Waals surface area contributed by atoms with E-state index in [0.717, 1.165) is 18.4 Å². The van der Waals surface area contributed by atoms with Crippen molar-refractivity contribution < 1.29 is 14.3 Å². The molecule has 0 aliphatic rings. The van der Waals surface area contributed by atoms with Crippen molar-refractivity contribution in [2.45, 2.75) is 104 Å². The number of hydrogen-bond donors (Lipinski definition) is 1. The molecule has 0 rings (SSSR count). The van der Waals surface area contributed by atoms with E-state index in [-0.39, 0.29) is 18.3 Å². The molecule has 152 valence electrons. The van der Waals surface area contributed by atoms with Gasteiger partial charge >= 0.3 is 5.97 Å². The van der Waals surface area contributed by atoms with Crippen LogP contribution in [0, 0.1) is 0 Å². The topological polar surface area (TPSA) is 55.4 Å². The summed E-state index contributed by atoms with van der Waals surface area (Å²) in [6, 6.07) is 0. The molecule has 0 saturated carbocycles. The lowest BCUT2D eigenvalue weighted by atomic mass is 10.1. The Hall–Kier alpha value is -1.32. The van der Waals surface area contributed by atoms with Gasteiger partial charge in [0.25, 0.3) is 0 Å². The van der Waals surface area contributed by atoms with Gasteiger partial charge in [-0.1, -0.05) is 83.1 Å². The molecule has 0 bridgehead atoms. The van der Waals surface area contributed by atoms with Crippen molar-refractivity contribution in [2.75, 3.05) is 13.2 Å². The van der Waals surface area contributed by atoms with Crippen molar-refractivity contribution in [3.05, 3.63) is 11.6 Å². The zero-order valence-corrected chi connectivity index (χ0v) is 17.4. The van der Waals surface area contributed by atoms with Crippen molar-refractivity contribution in [1.82, 2.24) is 5.32 Å². The maximum atomic E-state index is 11.6. The fourth-order valence-electron chi connectivity index (χ4n) is 2.80. The highest BCUT2D eigenvalue weighted by molar-refractivity contribution is 5.88. The first-order chi connectivity index (χ1) is 12.6. The number of rotatable bonds is 17. The zero-order valence-electron chi connectivity index (χ0n) is 17.4. The molecular formula is C22H41NO3. The van der Waals surface area contributed by atoms with Gasteiger partial charge in [-0.2, -0.15) is 0 Å². The average Bonchev–Trinajstić information content (AvgIpc) is 2.58. The van der Waals surface area contributed by atoms with Crippen LogP contribution in [0.1, 0.15) is 104 Å². The first-order valence-electron chi connectivity index (χ1n) is 10.6. The predicted molar refractivity (Wildman–Crippen MR) is 109 cm³/mol. The SMILES string of the molecule is CCCCCCCCCCCCCCOC(=O)CCNC(=O)C=C(C)C. The quantitative estimate of drug-likeness (QED) is 0.204. The van der Waals surface area contributed by atoms with E-state index in [0.29, 0.717) is 13.2 Å². The van der Waals surface area contributed by atoms with Crippen LogP contribution in [0.3, 0.4) is 0 Å². The number of nitrogens with one attached hydrogen (secondary N) is 1. The smallest absolute Gasteiger partial charge is 0.307 e. The van der Waals surface area contributed by atoms with Gasteiger partial charge in [0, 0.05) is 12.6 Å². The fourth-order valence-corrected chi connectivity index (χ4v) is 2.80. The van der Waals surface area contributed by atoms with Gasteiger partial charge in [-0.15, -0.1) is 0 Å². The molecular weight excluding hydrogens is 326 g/mol. The summed E-state index contributed by atoms with van der Waals surface area (Å²) in [7, 11) is 0. The summed E-state index contributed by atoms with van der Waals surface area (Å²) in [6.07, 6.45) is 17.3. The highest BCUT2D eigenvalue weighted by Crippen LogP contribution is 2.11. The third-order valence-electron chi connectivity index (χ3n) is 4.31. The molecule has 0 spiro atoms. The highest BCUT2D eigenvalue weighted by atomic mass is 16.5. The normalized spacial score (nSPS) is 10.4. The number of ether oxygens (including phenoxy) is 1. The van der Waals surface area contributed by atoms with Crippen LogP contribution in [0.15, 0.2) is 11.6 Å². The van der Waals surface area contributed by atoms with Gasteiger partial charge in [-0.05, 0) is 20.3 Å². The molecule has 0 radical (unpaired) electrons. The summed E-state index contributed by atoms with van der Waals surface area (Å²) < 4.78 is 5.19. The Kier molecular flexibility index (Phi) is 17.5. The maximum Gasteiger partial charge on any atom is 0.307 e. The Bertz CT molecular complexity index is 387. The molecule has 0 atom stereocenters. The first kappa shape index (κ1) is 24.7. The Morgan fingerprint density at radius 3 is 1.81 bits per heavy atom. The lowest BCUT2D eigenvalue weighted by Crippen LogP contribution is -2.25. The standard InChI is InChI=1S/C22H41NO3/c1-4-5-6-7-8-9-10-11-12-13-14-15-18-26-22(25)16-17-23-21(24)19-20(2)3/h19H,4-18H2,1-3H3,(H,23,24). The fraction of sp³-hybridized carbons (Fsp3) is 0.818. The molecule has 4 nitrogen and oxygen atoms in total. The van der Waals surface area contributed by atoms with Crippen LogP contribution in [0.5, 0.6) is 0 Å². The molecule has 0 aliphatic heterocycles. The van der Waals surface area contributed by atoms with Crippen molar-refractivity contribution in [3.63, 3.8) is 0 Å². The van der Waals surface area contributed by atoms with Gasteiger partial charge in [0.1, 0.15) is 0 Å². The van der Waals surface area contributed by atoms with E-state index in [1.165, 1.54) is 70.3 Å². The van der Waals surface area contributed by atoms with Crippen molar-refractivity contribution in [1.29, 1.82) is 0 Å². The van der Waals surface area contributed by atoms with E-state index in [9.17, 15) is 9.59 Å². The second-order valence-corrected chi connectivity index (χ2v) is 7.37. The lowest BCUT2D eigenvalue weighted by molar-refractivity contribution is -0.143. The molecule has 4 heteroatoms. The first-order valence-corrected chi connectivity index (χ1v) is 10.6. The van der Waals surface area contributed by atoms with Crippen molar-refractivity contribution in [2.24, 2.45) is 0 Å². The van der Waals surface area contributed by atoms with E-state index < -0.39 is 0 Å². The summed E-state index contributed by atoms with van der Waals surface area (Å²) in [5, 5.41) is 2.68. The average molecular weight is 368 g/mol. The number of carbonyl (C=O) groups excluding carboxylic acids is 2. The Morgan fingerprint density at radius 1 is 0.808 bits per heavy atom. The lowest BCUT2D eigenvalue weighted by Gasteiger charge is -2.06. The van der Waals surface area contributed by atoms with E-state index in [4.69, 9.17) is 4.74 Å². The molecule has 0 aromatic heterocycles. The molecule has 0 fully saturated rings. The summed E-state index contributed by atoms with van der Waals surface area (Å²) in [5.41, 5.74) is 0.942. The second-order valence-electron chi connectivity index (χ2n) is 7.37. The summed E-state index contributed by atoms with van der Waals surface area (Å²) in [4.78, 5) is 22.9. The van der Waals surface area contributed by atoms with E-state index in [1.54, 1.807) is 0 Å². The van der Waals surface area contributed by atoms with Crippen LogP contribution in [0.25, 0.3) is 0 Å². The van der Waals surface area contributed by atoms with Gasteiger partial charge in [-0.25, -0.2) is 0 Å². The molecule has 1 amide bonds. The van der Waals surface area contributed by atoms with E-state index in [1.807, 2.05) is 13.8 Å². The van der Waals surface area contributed by atoms with Crippen LogP contribution < -0.4 is 5.32 Å². The van der Waals surface area contributed by atoms with Crippen molar-refractivity contribution in [3.8, 4) is 0 Å². The molecule has 0 aromatic carbocycles. The minimum absolute atomic E-state index is 0.154. The molecule has 0 heterocycles. The van der Waals surface area contributed by atoms with Crippen molar-refractivity contribution >= 4 is 11.9 Å². The molecule has 0 aromatic rings. The number of carbonyl (C=O) groups is 2. The van der Waals surface area contributed by atoms with Crippen LogP contribution >= 0.6 is 0 Å². The number of hydrogen-bond acceptors (Lipinski definition) is 3. The second kappa shape index (κ2) is 18.5. The summed E-state index contributed by atoms with van der Waals surface area (Å²) in [6.45, 7) is 6.82. The summed E-state index contributed by atoms with van der Waals surface area (Å²) in [5.74, 6) is -0.385. The van der Waals surface area contributed by atoms with Crippen LogP contribution in [-0.4, -0.2) is 25.0 Å². The monoisotopic (exact) mass is 367 g/mol. The van der Waals surface area contributed by atoms with E-state index >= 15 is 0 Å². The Labute approximate surface area is 161 Å². The van der Waals surface area contributed by atoms with E-state index in [2.05, 4.69) is 12.2 Å². The van der Waals surface area contributed by atoms with Crippen LogP contribution in [0.4, 0.5) is 0 Å². The highest BCUT2D eigenvalue weighted by Gasteiger charge is 2.03. The molecule has 0 saturated heterocycles. The maximum absolute atomic E-state index is 11.6. The number of allylic oxidation sites excluding steroid dienone is 1. The molecule has 26 heavy (non-hydrogen) atoms. The van der Waals surface area contributed by atoms with Gasteiger partial charge in [-0.3, -0.25) is 9.59 Å². The third kappa shape index (κ3) is 19.0. The molecule has 1 N–H and O–H groups in total. The molecule has 0 aliphatic carbocycles. The van der Waals surface area contributed by atoms with Crippen LogP contribution in [0.2, 0.25) is 0 Å². The van der Waals surface area contributed by atoms with Gasteiger partial charge < -0.3 is 10.1 Å². The van der Waals surface area contributed by atoms with Gasteiger partial charge in [0.15, 0.2) is 0 Å².